The third-order valence-corrected chi connectivity index (χ3v) is 19.3. The molecule has 35 heteroatoms. The van der Waals surface area contributed by atoms with Crippen LogP contribution in [0.5, 0.6) is 0 Å². The van der Waals surface area contributed by atoms with Gasteiger partial charge >= 0.3 is 12.1 Å². The molecule has 0 bridgehead atoms. The highest BCUT2D eigenvalue weighted by molar-refractivity contribution is 6.30. The van der Waals surface area contributed by atoms with Gasteiger partial charge in [-0.05, 0) is 127 Å². The SMILES string of the molecule is C#CC[C@H](NC(=O)[C@@H](Cc1ccc(NC(N)=O)cc1)NC(=O)[C@H](Cc1ccc(NC(=O)[C@@H]2CC(=O)NC(=O)N2)cc1)NC(=O)[C@H](CO)NC(=O)[C@@H](Cc1cccnc1)NC(=O)[C@@H](Cc1ccc(Cl)cc1)NC(=O)[C@@H](Cc1ccc2ccccc2c1)NC(C)=O)C(=O)N[C@@H](CCCCNC(C)C)C(=O)N1CCC[C@H]1C(=O)N[C@H](C)C(N)=O. The molecule has 19 N–H and O–H groups in total. The summed E-state index contributed by atoms with van der Waals surface area (Å²) in [4.78, 5) is 212. The third kappa shape index (κ3) is 27.5. The maximum atomic E-state index is 15.4. The number of carbonyl (C=O) groups excluding carboxylic acids is 15. The predicted octanol–water partition coefficient (Wildman–Crippen LogP) is 0.492. The number of aliphatic hydroxyl groups excluding tert-OH is 1. The van der Waals surface area contributed by atoms with E-state index < -0.39 is 175 Å². The first-order chi connectivity index (χ1) is 55.4. The Kier molecular flexibility index (Phi) is 33.2. The minimum Gasteiger partial charge on any atom is -0.394 e. The van der Waals surface area contributed by atoms with Crippen molar-refractivity contribution in [3.63, 3.8) is 0 Å². The van der Waals surface area contributed by atoms with E-state index in [9.17, 15) is 67.4 Å². The first-order valence-electron chi connectivity index (χ1n) is 37.8. The van der Waals surface area contributed by atoms with E-state index in [1.54, 1.807) is 36.4 Å². The van der Waals surface area contributed by atoms with E-state index in [4.69, 9.17) is 29.5 Å². The van der Waals surface area contributed by atoms with Crippen molar-refractivity contribution in [3.05, 3.63) is 173 Å². The summed E-state index contributed by atoms with van der Waals surface area (Å²) in [6.07, 6.45) is 8.16. The number of nitrogens with two attached hydrogens (primary N) is 2. The first-order valence-corrected chi connectivity index (χ1v) is 38.1. The Morgan fingerprint density at radius 1 is 0.569 bits per heavy atom. The van der Waals surface area contributed by atoms with E-state index in [-0.39, 0.29) is 74.5 Å². The zero-order valence-corrected chi connectivity index (χ0v) is 65.1. The highest BCUT2D eigenvalue weighted by Crippen LogP contribution is 2.23. The van der Waals surface area contributed by atoms with Gasteiger partial charge in [-0.1, -0.05) is 110 Å². The van der Waals surface area contributed by atoms with Crippen LogP contribution in [0, 0.1) is 12.3 Å². The lowest BCUT2D eigenvalue weighted by Crippen LogP contribution is -2.61. The second kappa shape index (κ2) is 43.4. The number of primary amides is 2. The molecular formula is C81H97ClN18O16. The molecule has 2 saturated heterocycles. The number of halogens is 1. The molecule has 0 aliphatic carbocycles. The Bertz CT molecular complexity index is 4570. The molecular weight excluding hydrogens is 1520 g/mol. The number of aliphatic hydroxyl groups is 1. The van der Waals surface area contributed by atoms with Gasteiger partial charge in [-0.2, -0.15) is 0 Å². The number of urea groups is 2. The van der Waals surface area contributed by atoms with Crippen molar-refractivity contribution in [2.75, 3.05) is 30.3 Å². The number of imide groups is 1. The molecule has 34 nitrogen and oxygen atoms in total. The van der Waals surface area contributed by atoms with E-state index in [2.05, 4.69) is 80.0 Å². The van der Waals surface area contributed by atoms with Gasteiger partial charge in [0.15, 0.2) is 0 Å². The number of amides is 17. The number of unbranched alkanes of at least 4 members (excludes halogenated alkanes) is 1. The Morgan fingerprint density at radius 3 is 1.58 bits per heavy atom. The summed E-state index contributed by atoms with van der Waals surface area (Å²) in [5.41, 5.74) is 13.4. The van der Waals surface area contributed by atoms with Gasteiger partial charge < -0.3 is 90.6 Å². The second-order valence-corrected chi connectivity index (χ2v) is 29.0. The molecule has 116 heavy (non-hydrogen) atoms. The summed E-state index contributed by atoms with van der Waals surface area (Å²) in [6, 6.07) is 16.5. The molecule has 2 fully saturated rings. The number of hydrogen-bond donors (Lipinski definition) is 17. The summed E-state index contributed by atoms with van der Waals surface area (Å²) in [6.45, 7) is 6.06. The number of nitrogens with one attached hydrogen (secondary N) is 14. The van der Waals surface area contributed by atoms with Crippen LogP contribution in [0.3, 0.4) is 0 Å². The topological polar surface area (TPSA) is 513 Å². The summed E-state index contributed by atoms with van der Waals surface area (Å²) in [5, 5.41) is 49.8. The van der Waals surface area contributed by atoms with E-state index in [1.165, 1.54) is 79.7 Å². The van der Waals surface area contributed by atoms with Crippen LogP contribution in [0.1, 0.15) is 100 Å². The number of fused-ring (bicyclic) bond motifs is 1. The van der Waals surface area contributed by atoms with Crippen molar-refractivity contribution < 1.29 is 77.0 Å². The van der Waals surface area contributed by atoms with E-state index >= 15 is 9.59 Å². The fourth-order valence-corrected chi connectivity index (χ4v) is 13.1. The normalized spacial score (nSPS) is 16.0. The average molecular weight is 1610 g/mol. The van der Waals surface area contributed by atoms with Crippen LogP contribution in [0.4, 0.5) is 21.0 Å². The van der Waals surface area contributed by atoms with Crippen molar-refractivity contribution in [1.82, 2.24) is 73.7 Å². The van der Waals surface area contributed by atoms with Crippen LogP contribution in [0.25, 0.3) is 10.8 Å². The monoisotopic (exact) mass is 1610 g/mol. The number of pyridine rings is 1. The van der Waals surface area contributed by atoms with Gasteiger partial charge in [0, 0.05) is 86.8 Å². The van der Waals surface area contributed by atoms with Crippen LogP contribution < -0.4 is 85.9 Å². The number of benzene rings is 5. The van der Waals surface area contributed by atoms with Crippen LogP contribution in [0.2, 0.25) is 5.02 Å². The predicted molar refractivity (Wildman–Crippen MR) is 428 cm³/mol. The Morgan fingerprint density at radius 2 is 1.06 bits per heavy atom. The van der Waals surface area contributed by atoms with E-state index in [1.807, 2.05) is 61.6 Å². The zero-order chi connectivity index (χ0) is 84.1. The number of hydrogen-bond acceptors (Lipinski definition) is 18. The van der Waals surface area contributed by atoms with Crippen molar-refractivity contribution in [2.24, 2.45) is 11.5 Å². The molecule has 3 heterocycles. The maximum absolute atomic E-state index is 15.4. The van der Waals surface area contributed by atoms with Crippen molar-refractivity contribution in [1.29, 1.82) is 0 Å². The van der Waals surface area contributed by atoms with Crippen molar-refractivity contribution in [3.8, 4) is 12.3 Å². The van der Waals surface area contributed by atoms with Gasteiger partial charge in [-0.15, -0.1) is 12.3 Å². The van der Waals surface area contributed by atoms with Crippen molar-refractivity contribution in [2.45, 2.75) is 177 Å². The largest absolute Gasteiger partial charge is 0.394 e. The number of carbonyl (C=O) groups is 15. The molecule has 6 aromatic rings. The molecule has 11 atom stereocenters. The number of nitrogens with zero attached hydrogens (tertiary/aromatic N) is 2. The molecule has 614 valence electrons. The van der Waals surface area contributed by atoms with Crippen LogP contribution in [0.15, 0.2) is 140 Å². The molecule has 0 spiro atoms. The van der Waals surface area contributed by atoms with Crippen molar-refractivity contribution >= 4 is 123 Å². The summed E-state index contributed by atoms with van der Waals surface area (Å²) < 4.78 is 0. The number of terminal acetylenes is 1. The molecule has 1 aromatic heterocycles. The third-order valence-electron chi connectivity index (χ3n) is 19.1. The molecule has 8 rings (SSSR count). The van der Waals surface area contributed by atoms with Gasteiger partial charge in [-0.25, -0.2) is 9.59 Å². The fraction of sp³-hybridized carbons (Fsp3) is 0.383. The minimum absolute atomic E-state index is 0.00115. The number of aromatic nitrogens is 1. The highest BCUT2D eigenvalue weighted by atomic mass is 35.5. The van der Waals surface area contributed by atoms with Crippen LogP contribution in [-0.4, -0.2) is 196 Å². The molecule has 2 aliphatic rings. The van der Waals surface area contributed by atoms with E-state index in [0.29, 0.717) is 53.1 Å². The fourth-order valence-electron chi connectivity index (χ4n) is 13.0. The smallest absolute Gasteiger partial charge is 0.322 e. The zero-order valence-electron chi connectivity index (χ0n) is 64.4. The summed E-state index contributed by atoms with van der Waals surface area (Å²) >= 11 is 6.26. The highest BCUT2D eigenvalue weighted by Gasteiger charge is 2.41. The standard InChI is InChI=1S/C81H97ClN18O16/c1-6-13-58(70(105)92-59(17-9-10-34-86-45(2)3)79(114)100-35-12-18-67(100)78(113)87-46(4)69(83)104)91-73(108)61(38-50-24-31-57(32-25-50)90-80(84)115)94-75(110)63(39-49-22-29-56(30-23-49)89-71(106)65-42-68(103)99-81(116)98-65)96-77(112)66(44-101)97-76(111)64(41-52-14-11-33-85-43-52)95-74(109)62(37-48-20-27-55(82)28-21-48)93-72(107)60(88-47(5)102)40-51-19-26-53-15-7-8-16-54(53)36-51/h1,7-8,11,14-16,19-33,36,43,45-46,58-67,86,101H,9-10,12-13,17-18,34-35,37-42,44H2,2-5H3,(H2,83,104)(H,87,113)(H,88,102)(H,89,106)(H,91,108)(H,92,105)(H,93,107)(H,94,110)(H,95,109)(H,96,112)(H,97,111)(H3,84,90,115)(H2,98,99,103,116)/t46-,58+,59+,60-,61-,62-,63+,64-,65+,66+,67+/m1/s1. The number of likely N-dealkylation sites (tertiary alicyclic amines) is 1. The molecule has 17 amide bonds. The number of anilines is 2. The first kappa shape index (κ1) is 88.7. The molecule has 2 aliphatic heterocycles. The van der Waals surface area contributed by atoms with E-state index in [0.717, 1.165) is 10.8 Å². The maximum Gasteiger partial charge on any atom is 0.322 e. The second-order valence-electron chi connectivity index (χ2n) is 28.5. The lowest BCUT2D eigenvalue weighted by atomic mass is 9.99. The van der Waals surface area contributed by atoms with Gasteiger partial charge in [0.25, 0.3) is 0 Å². The lowest BCUT2D eigenvalue weighted by Gasteiger charge is -2.30. The molecule has 0 saturated carbocycles. The van der Waals surface area contributed by atoms with Gasteiger partial charge in [0.1, 0.15) is 66.5 Å². The molecule has 5 aromatic carbocycles. The average Bonchev–Trinajstić information content (AvgIpc) is 1.68. The minimum atomic E-state index is -1.94. The van der Waals surface area contributed by atoms with Gasteiger partial charge in [0.2, 0.25) is 76.8 Å². The lowest BCUT2D eigenvalue weighted by molar-refractivity contribution is -0.142. The molecule has 0 radical (unpaired) electrons. The van der Waals surface area contributed by atoms with Gasteiger partial charge in [0.05, 0.1) is 13.0 Å². The summed E-state index contributed by atoms with van der Waals surface area (Å²) in [5.74, 6) is -8.75. The van der Waals surface area contributed by atoms with Crippen LogP contribution in [-0.2, 0) is 94.4 Å². The van der Waals surface area contributed by atoms with Gasteiger partial charge in [-0.3, -0.25) is 72.6 Å². The van der Waals surface area contributed by atoms with Crippen LogP contribution >= 0.6 is 11.6 Å². The Balaban J connectivity index is 1.09. The quantitative estimate of drug-likeness (QED) is 0.0184. The Hall–Kier alpha value is -12.9. The Labute approximate surface area is 674 Å². The number of rotatable bonds is 40. The molecule has 0 unspecified atom stereocenters. The summed E-state index contributed by atoms with van der Waals surface area (Å²) in [7, 11) is 0.